The molecule has 0 aliphatic carbocycles. The third kappa shape index (κ3) is 20.1. The van der Waals surface area contributed by atoms with Crippen LogP contribution in [0.25, 0.3) is 0 Å². The Kier molecular flexibility index (Phi) is 22.5. The van der Waals surface area contributed by atoms with Gasteiger partial charge in [0, 0.05) is 56.1 Å². The molecule has 0 bridgehead atoms. The maximum Gasteiger partial charge on any atom is 0.236 e. The highest BCUT2D eigenvalue weighted by molar-refractivity contribution is 5.84. The van der Waals surface area contributed by atoms with Crippen LogP contribution in [-0.2, 0) is 9.59 Å². The van der Waals surface area contributed by atoms with Gasteiger partial charge in [-0.15, -0.1) is 0 Å². The molecule has 0 radical (unpaired) electrons. The zero-order valence-electron chi connectivity index (χ0n) is 25.8. The minimum atomic E-state index is -0.358. The minimum Gasteiger partial charge on any atom is -0.389 e. The van der Waals surface area contributed by atoms with Crippen molar-refractivity contribution in [3.8, 4) is 18.6 Å². The summed E-state index contributed by atoms with van der Waals surface area (Å²) >= 11 is 0. The average Bonchev–Trinajstić information content (AvgIpc) is 2.99. The molecule has 0 aromatic rings. The highest BCUT2D eigenvalue weighted by Crippen LogP contribution is 2.12. The molecule has 0 aromatic heterocycles. The first kappa shape index (κ1) is 38.5. The largest absolute Gasteiger partial charge is 0.389 e. The number of carbonyl (C=O) groups is 2. The molecule has 0 saturated carbocycles. The lowest BCUT2D eigenvalue weighted by molar-refractivity contribution is -0.131. The summed E-state index contributed by atoms with van der Waals surface area (Å²) in [6, 6.07) is 0. The van der Waals surface area contributed by atoms with Crippen molar-refractivity contribution in [1.29, 1.82) is 15.8 Å². The van der Waals surface area contributed by atoms with E-state index in [2.05, 4.69) is 42.8 Å². The molecular formula is C32H49N9O2. The van der Waals surface area contributed by atoms with Crippen molar-refractivity contribution < 1.29 is 9.59 Å². The number of rotatable bonds is 25. The quantitative estimate of drug-likeness (QED) is 0.0613. The standard InChI is InChI=1S/C32H49N9O2/c1-28(2)39(25-34)22-14-8-11-20-37-29(3)15-16-30(4)40(26-35)23-12-6-5-10-21-38-31(42)17-18-32(43)41(27-36)24-13-7-9-19-33/h5-6,10,12,37H,1,3-4,7-9,11,13-24,33H2,2H3,(H,38,42)/b10-5+,12-6+. The molecule has 4 N–H and O–H groups in total. The van der Waals surface area contributed by atoms with E-state index in [0.29, 0.717) is 57.7 Å². The Hall–Kier alpha value is -4.53. The van der Waals surface area contributed by atoms with Gasteiger partial charge in [-0.1, -0.05) is 50.5 Å². The summed E-state index contributed by atoms with van der Waals surface area (Å²) in [6.07, 6.45) is 19.9. The molecule has 0 saturated heterocycles. The van der Waals surface area contributed by atoms with Gasteiger partial charge in [0.1, 0.15) is 0 Å². The van der Waals surface area contributed by atoms with Crippen LogP contribution in [0.3, 0.4) is 0 Å². The van der Waals surface area contributed by atoms with Crippen LogP contribution in [0.2, 0.25) is 0 Å². The van der Waals surface area contributed by atoms with Crippen molar-refractivity contribution >= 4 is 11.8 Å². The van der Waals surface area contributed by atoms with Crippen molar-refractivity contribution in [2.75, 3.05) is 39.3 Å². The molecule has 0 heterocycles. The van der Waals surface area contributed by atoms with Crippen molar-refractivity contribution in [2.45, 2.75) is 71.1 Å². The molecule has 11 heteroatoms. The predicted octanol–water partition coefficient (Wildman–Crippen LogP) is 4.10. The van der Waals surface area contributed by atoms with E-state index in [9.17, 15) is 14.9 Å². The highest BCUT2D eigenvalue weighted by Gasteiger charge is 2.14. The second-order valence-electron chi connectivity index (χ2n) is 10.0. The molecule has 0 aliphatic heterocycles. The third-order valence-electron chi connectivity index (χ3n) is 6.39. The first-order valence-corrected chi connectivity index (χ1v) is 14.8. The number of hydrogen-bond donors (Lipinski definition) is 3. The lowest BCUT2D eigenvalue weighted by Gasteiger charge is -2.17. The summed E-state index contributed by atoms with van der Waals surface area (Å²) in [7, 11) is 0. The van der Waals surface area contributed by atoms with Crippen LogP contribution in [0.15, 0.2) is 61.1 Å². The van der Waals surface area contributed by atoms with Crippen LogP contribution in [0, 0.1) is 34.4 Å². The van der Waals surface area contributed by atoms with E-state index in [4.69, 9.17) is 16.3 Å². The third-order valence-corrected chi connectivity index (χ3v) is 6.39. The maximum atomic E-state index is 12.1. The van der Waals surface area contributed by atoms with Gasteiger partial charge in [-0.2, -0.15) is 15.8 Å². The summed E-state index contributed by atoms with van der Waals surface area (Å²) in [4.78, 5) is 28.3. The Labute approximate surface area is 258 Å². The van der Waals surface area contributed by atoms with Gasteiger partial charge in [-0.25, -0.2) is 4.90 Å². The molecular weight excluding hydrogens is 542 g/mol. The Balaban J connectivity index is 4.14. The molecule has 43 heavy (non-hydrogen) atoms. The maximum absolute atomic E-state index is 12.1. The molecule has 0 unspecified atom stereocenters. The van der Waals surface area contributed by atoms with E-state index in [0.717, 1.165) is 54.9 Å². The molecule has 0 fully saturated rings. The molecule has 0 aromatic carbocycles. The smallest absolute Gasteiger partial charge is 0.236 e. The van der Waals surface area contributed by atoms with E-state index in [1.54, 1.807) is 23.1 Å². The summed E-state index contributed by atoms with van der Waals surface area (Å²) < 4.78 is 0. The fourth-order valence-corrected chi connectivity index (χ4v) is 3.75. The van der Waals surface area contributed by atoms with Crippen molar-refractivity contribution in [1.82, 2.24) is 25.3 Å². The summed E-state index contributed by atoms with van der Waals surface area (Å²) in [5.41, 5.74) is 7.79. The van der Waals surface area contributed by atoms with E-state index in [1.165, 1.54) is 4.90 Å². The number of nitriles is 3. The van der Waals surface area contributed by atoms with Crippen LogP contribution >= 0.6 is 0 Å². The summed E-state index contributed by atoms with van der Waals surface area (Å²) in [6.45, 7) is 16.8. The number of nitrogens with one attached hydrogen (secondary N) is 2. The fourth-order valence-electron chi connectivity index (χ4n) is 3.75. The van der Waals surface area contributed by atoms with Gasteiger partial charge < -0.3 is 16.4 Å². The summed E-state index contributed by atoms with van der Waals surface area (Å²) in [5.74, 6) is -0.625. The number of allylic oxidation sites excluding steroid dienone is 5. The second kappa shape index (κ2) is 25.2. The van der Waals surface area contributed by atoms with E-state index in [1.807, 2.05) is 19.2 Å². The van der Waals surface area contributed by atoms with Crippen LogP contribution < -0.4 is 16.4 Å². The summed E-state index contributed by atoms with van der Waals surface area (Å²) in [5, 5.41) is 33.7. The van der Waals surface area contributed by atoms with Crippen LogP contribution in [0.1, 0.15) is 71.1 Å². The number of unbranched alkanes of at least 4 members (excludes halogenated alkanes) is 4. The lowest BCUT2D eigenvalue weighted by atomic mass is 10.2. The van der Waals surface area contributed by atoms with Crippen LogP contribution in [0.4, 0.5) is 0 Å². The molecule has 0 spiro atoms. The molecule has 0 rings (SSSR count). The Bertz CT molecular complexity index is 1080. The highest BCUT2D eigenvalue weighted by atomic mass is 16.2. The number of nitrogens with zero attached hydrogens (tertiary/aromatic N) is 6. The molecule has 2 amide bonds. The van der Waals surface area contributed by atoms with Gasteiger partial charge in [-0.05, 0) is 58.4 Å². The van der Waals surface area contributed by atoms with Crippen LogP contribution in [-0.4, -0.2) is 65.8 Å². The number of nitrogens with two attached hydrogens (primary N) is 1. The lowest BCUT2D eigenvalue weighted by Crippen LogP contribution is -2.30. The van der Waals surface area contributed by atoms with E-state index < -0.39 is 0 Å². The SMILES string of the molecule is C=C(CCC(=C)N(C#N)C/C=C/C=C/CNC(=O)CCC(=O)N(C#N)CCCCCN)NCCCCCN(C#N)C(=C)C. The first-order chi connectivity index (χ1) is 20.7. The van der Waals surface area contributed by atoms with E-state index >= 15 is 0 Å². The second-order valence-corrected chi connectivity index (χ2v) is 10.0. The Morgan fingerprint density at radius 1 is 0.767 bits per heavy atom. The zero-order chi connectivity index (χ0) is 32.3. The normalized spacial score (nSPS) is 10.4. The topological polar surface area (TPSA) is 165 Å². The fraction of sp³-hybridized carbons (Fsp3) is 0.531. The molecule has 0 aliphatic rings. The van der Waals surface area contributed by atoms with Crippen molar-refractivity contribution in [3.63, 3.8) is 0 Å². The molecule has 0 atom stereocenters. The van der Waals surface area contributed by atoms with Gasteiger partial charge in [0.05, 0.1) is 6.54 Å². The first-order valence-electron chi connectivity index (χ1n) is 14.8. The Morgan fingerprint density at radius 2 is 1.40 bits per heavy atom. The number of hydrogen-bond acceptors (Lipinski definition) is 9. The van der Waals surface area contributed by atoms with Gasteiger partial charge in [0.2, 0.25) is 11.8 Å². The van der Waals surface area contributed by atoms with Gasteiger partial charge >= 0.3 is 0 Å². The van der Waals surface area contributed by atoms with Crippen molar-refractivity contribution in [3.05, 3.63) is 61.1 Å². The number of carbonyl (C=O) groups excluding carboxylic acids is 2. The van der Waals surface area contributed by atoms with E-state index in [-0.39, 0.29) is 24.7 Å². The van der Waals surface area contributed by atoms with Gasteiger partial charge in [0.25, 0.3) is 0 Å². The van der Waals surface area contributed by atoms with Gasteiger partial charge in [-0.3, -0.25) is 19.4 Å². The average molecular weight is 592 g/mol. The molecule has 234 valence electrons. The minimum absolute atomic E-state index is 0.0166. The zero-order valence-corrected chi connectivity index (χ0v) is 25.8. The monoisotopic (exact) mass is 591 g/mol. The molecule has 11 nitrogen and oxygen atoms in total. The van der Waals surface area contributed by atoms with Crippen LogP contribution in [0.5, 0.6) is 0 Å². The van der Waals surface area contributed by atoms with Crippen molar-refractivity contribution in [2.24, 2.45) is 5.73 Å². The number of amides is 2. The Morgan fingerprint density at radius 3 is 2.02 bits per heavy atom. The predicted molar refractivity (Wildman–Crippen MR) is 170 cm³/mol. The van der Waals surface area contributed by atoms with Gasteiger partial charge in [0.15, 0.2) is 18.6 Å².